The van der Waals surface area contributed by atoms with Gasteiger partial charge in [-0.2, -0.15) is 0 Å². The summed E-state index contributed by atoms with van der Waals surface area (Å²) in [5.74, 6) is -0.860. The van der Waals surface area contributed by atoms with Crippen LogP contribution in [0.3, 0.4) is 0 Å². The molecule has 2 N–H and O–H groups in total. The SMILES string of the molecule is CCNc1cccc(C(=O)O)c1CC. The molecule has 0 aliphatic carbocycles. The van der Waals surface area contributed by atoms with Gasteiger partial charge in [0.2, 0.25) is 0 Å². The molecule has 76 valence electrons. The number of carboxylic acids is 1. The van der Waals surface area contributed by atoms with Crippen LogP contribution in [-0.4, -0.2) is 17.6 Å². The van der Waals surface area contributed by atoms with E-state index in [1.54, 1.807) is 12.1 Å². The quantitative estimate of drug-likeness (QED) is 0.771. The van der Waals surface area contributed by atoms with Crippen molar-refractivity contribution >= 4 is 11.7 Å². The molecule has 0 aromatic heterocycles. The molecular weight excluding hydrogens is 178 g/mol. The van der Waals surface area contributed by atoms with E-state index in [4.69, 9.17) is 5.11 Å². The average Bonchev–Trinajstić information content (AvgIpc) is 2.18. The fourth-order valence-corrected chi connectivity index (χ4v) is 1.52. The lowest BCUT2D eigenvalue weighted by Gasteiger charge is -2.11. The predicted molar refractivity (Wildman–Crippen MR) is 56.9 cm³/mol. The summed E-state index contributed by atoms with van der Waals surface area (Å²) >= 11 is 0. The molecule has 14 heavy (non-hydrogen) atoms. The standard InChI is InChI=1S/C11H15NO2/c1-3-8-9(11(13)14)6-5-7-10(8)12-4-2/h5-7,12H,3-4H2,1-2H3,(H,13,14). The molecule has 0 aliphatic heterocycles. The lowest BCUT2D eigenvalue weighted by Crippen LogP contribution is -2.07. The summed E-state index contributed by atoms with van der Waals surface area (Å²) in [7, 11) is 0. The van der Waals surface area contributed by atoms with Gasteiger partial charge >= 0.3 is 5.97 Å². The van der Waals surface area contributed by atoms with Gasteiger partial charge in [0.25, 0.3) is 0 Å². The maximum Gasteiger partial charge on any atom is 0.336 e. The molecule has 0 bridgehead atoms. The van der Waals surface area contributed by atoms with Crippen molar-refractivity contribution in [1.29, 1.82) is 0 Å². The largest absolute Gasteiger partial charge is 0.478 e. The molecule has 1 rings (SSSR count). The first-order chi connectivity index (χ1) is 6.70. The maximum absolute atomic E-state index is 10.9. The van der Waals surface area contributed by atoms with Crippen molar-refractivity contribution in [3.8, 4) is 0 Å². The average molecular weight is 193 g/mol. The van der Waals surface area contributed by atoms with Crippen LogP contribution in [-0.2, 0) is 6.42 Å². The Morgan fingerprint density at radius 1 is 1.43 bits per heavy atom. The number of aromatic carboxylic acids is 1. The van der Waals surface area contributed by atoms with Crippen LogP contribution in [0.15, 0.2) is 18.2 Å². The van der Waals surface area contributed by atoms with Crippen molar-refractivity contribution in [1.82, 2.24) is 0 Å². The molecule has 0 fully saturated rings. The minimum Gasteiger partial charge on any atom is -0.478 e. The first-order valence-electron chi connectivity index (χ1n) is 4.79. The minimum absolute atomic E-state index is 0.394. The third-order valence-corrected chi connectivity index (χ3v) is 2.13. The molecule has 3 nitrogen and oxygen atoms in total. The molecule has 0 radical (unpaired) electrons. The van der Waals surface area contributed by atoms with Crippen LogP contribution in [0.1, 0.15) is 29.8 Å². The summed E-state index contributed by atoms with van der Waals surface area (Å²) in [6.45, 7) is 4.76. The van der Waals surface area contributed by atoms with Crippen molar-refractivity contribution in [3.05, 3.63) is 29.3 Å². The van der Waals surface area contributed by atoms with Crippen molar-refractivity contribution in [3.63, 3.8) is 0 Å². The van der Waals surface area contributed by atoms with E-state index >= 15 is 0 Å². The summed E-state index contributed by atoms with van der Waals surface area (Å²) in [4.78, 5) is 10.9. The number of carboxylic acid groups (broad SMARTS) is 1. The number of rotatable bonds is 4. The smallest absolute Gasteiger partial charge is 0.336 e. The van der Waals surface area contributed by atoms with Crippen molar-refractivity contribution in [2.45, 2.75) is 20.3 Å². The van der Waals surface area contributed by atoms with E-state index in [0.717, 1.165) is 24.2 Å². The predicted octanol–water partition coefficient (Wildman–Crippen LogP) is 2.38. The summed E-state index contributed by atoms with van der Waals surface area (Å²) < 4.78 is 0. The first kappa shape index (κ1) is 10.6. The van der Waals surface area contributed by atoms with E-state index in [1.165, 1.54) is 0 Å². The summed E-state index contributed by atoms with van der Waals surface area (Å²) in [6.07, 6.45) is 0.727. The fraction of sp³-hybridized carbons (Fsp3) is 0.364. The first-order valence-corrected chi connectivity index (χ1v) is 4.79. The highest BCUT2D eigenvalue weighted by Gasteiger charge is 2.11. The van der Waals surface area contributed by atoms with Gasteiger partial charge in [-0.1, -0.05) is 13.0 Å². The molecule has 0 atom stereocenters. The monoisotopic (exact) mass is 193 g/mol. The second-order valence-electron chi connectivity index (χ2n) is 3.02. The van der Waals surface area contributed by atoms with Crippen LogP contribution in [0.2, 0.25) is 0 Å². The number of carbonyl (C=O) groups is 1. The molecule has 0 saturated carbocycles. The Hall–Kier alpha value is -1.51. The van der Waals surface area contributed by atoms with Crippen LogP contribution in [0.4, 0.5) is 5.69 Å². The molecule has 1 aromatic carbocycles. The number of hydrogen-bond acceptors (Lipinski definition) is 2. The lowest BCUT2D eigenvalue weighted by atomic mass is 10.0. The number of hydrogen-bond donors (Lipinski definition) is 2. The van der Waals surface area contributed by atoms with Gasteiger partial charge in [0.05, 0.1) is 5.56 Å². The highest BCUT2D eigenvalue weighted by atomic mass is 16.4. The zero-order chi connectivity index (χ0) is 10.6. The summed E-state index contributed by atoms with van der Waals surface area (Å²) in [6, 6.07) is 5.32. The molecule has 0 saturated heterocycles. The summed E-state index contributed by atoms with van der Waals surface area (Å²) in [5.41, 5.74) is 2.20. The number of nitrogens with one attached hydrogen (secondary N) is 1. The third-order valence-electron chi connectivity index (χ3n) is 2.13. The fourth-order valence-electron chi connectivity index (χ4n) is 1.52. The topological polar surface area (TPSA) is 49.3 Å². The molecule has 3 heteroatoms. The van der Waals surface area contributed by atoms with Crippen molar-refractivity contribution < 1.29 is 9.90 Å². The van der Waals surface area contributed by atoms with Gasteiger partial charge < -0.3 is 10.4 Å². The van der Waals surface area contributed by atoms with Gasteiger partial charge in [-0.3, -0.25) is 0 Å². The van der Waals surface area contributed by atoms with E-state index in [1.807, 2.05) is 19.9 Å². The number of benzene rings is 1. The number of anilines is 1. The molecule has 0 aliphatic rings. The highest BCUT2D eigenvalue weighted by molar-refractivity contribution is 5.91. The Morgan fingerprint density at radius 3 is 2.64 bits per heavy atom. The Balaban J connectivity index is 3.17. The van der Waals surface area contributed by atoms with Gasteiger partial charge in [0, 0.05) is 12.2 Å². The molecule has 0 amide bonds. The lowest BCUT2D eigenvalue weighted by molar-refractivity contribution is 0.0696. The zero-order valence-electron chi connectivity index (χ0n) is 8.50. The Morgan fingerprint density at radius 2 is 2.14 bits per heavy atom. The van der Waals surface area contributed by atoms with Crippen LogP contribution in [0.5, 0.6) is 0 Å². The van der Waals surface area contributed by atoms with E-state index in [-0.39, 0.29) is 0 Å². The Labute approximate surface area is 83.8 Å². The second-order valence-corrected chi connectivity index (χ2v) is 3.02. The van der Waals surface area contributed by atoms with Crippen molar-refractivity contribution in [2.24, 2.45) is 0 Å². The summed E-state index contributed by atoms with van der Waals surface area (Å²) in [5, 5.41) is 12.1. The maximum atomic E-state index is 10.9. The molecular formula is C11H15NO2. The van der Waals surface area contributed by atoms with E-state index in [9.17, 15) is 4.79 Å². The van der Waals surface area contributed by atoms with E-state index < -0.39 is 5.97 Å². The van der Waals surface area contributed by atoms with E-state index in [2.05, 4.69) is 5.32 Å². The minimum atomic E-state index is -0.860. The molecule has 0 heterocycles. The van der Waals surface area contributed by atoms with Gasteiger partial charge in [-0.15, -0.1) is 0 Å². The van der Waals surface area contributed by atoms with Crippen LogP contribution in [0.25, 0.3) is 0 Å². The molecule has 0 spiro atoms. The Bertz CT molecular complexity index is 334. The molecule has 1 aromatic rings. The Kier molecular flexibility index (Phi) is 3.51. The van der Waals surface area contributed by atoms with Crippen LogP contribution < -0.4 is 5.32 Å². The van der Waals surface area contributed by atoms with Gasteiger partial charge in [-0.05, 0) is 31.0 Å². The van der Waals surface area contributed by atoms with Crippen LogP contribution in [0, 0.1) is 0 Å². The second kappa shape index (κ2) is 4.65. The van der Waals surface area contributed by atoms with Gasteiger partial charge in [0.1, 0.15) is 0 Å². The van der Waals surface area contributed by atoms with Crippen molar-refractivity contribution in [2.75, 3.05) is 11.9 Å². The normalized spacial score (nSPS) is 9.86. The highest BCUT2D eigenvalue weighted by Crippen LogP contribution is 2.20. The zero-order valence-corrected chi connectivity index (χ0v) is 8.50. The van der Waals surface area contributed by atoms with Gasteiger partial charge in [0.15, 0.2) is 0 Å². The third kappa shape index (κ3) is 2.05. The van der Waals surface area contributed by atoms with Crippen LogP contribution >= 0.6 is 0 Å². The molecule has 0 unspecified atom stereocenters. The van der Waals surface area contributed by atoms with Gasteiger partial charge in [-0.25, -0.2) is 4.79 Å². The van der Waals surface area contributed by atoms with E-state index in [0.29, 0.717) is 5.56 Å².